The molecule has 8 heteroatoms. The molecule has 0 bridgehead atoms. The second kappa shape index (κ2) is 7.33. The lowest BCUT2D eigenvalue weighted by Crippen LogP contribution is -2.28. The van der Waals surface area contributed by atoms with Gasteiger partial charge in [-0.15, -0.1) is 16.4 Å². The first kappa shape index (κ1) is 16.9. The number of hydrogen-bond acceptors (Lipinski definition) is 6. The zero-order valence-electron chi connectivity index (χ0n) is 13.2. The van der Waals surface area contributed by atoms with E-state index in [9.17, 15) is 4.79 Å². The first-order valence-corrected chi connectivity index (χ1v) is 8.87. The fraction of sp³-hybridized carbons (Fsp3) is 0.250. The highest BCUT2D eigenvalue weighted by atomic mass is 79.9. The van der Waals surface area contributed by atoms with E-state index in [4.69, 9.17) is 9.15 Å². The van der Waals surface area contributed by atoms with E-state index in [1.807, 2.05) is 47.7 Å². The number of benzene rings is 1. The molecule has 3 rings (SSSR count). The number of halogens is 1. The van der Waals surface area contributed by atoms with Crippen LogP contribution in [0.1, 0.15) is 5.56 Å². The van der Waals surface area contributed by atoms with Crippen molar-refractivity contribution in [2.24, 2.45) is 0 Å². The predicted molar refractivity (Wildman–Crippen MR) is 96.2 cm³/mol. The smallest absolute Gasteiger partial charge is 0.438 e. The Balaban J connectivity index is 1.75. The standard InChI is InChI=1S/C16H16BrN3O3S/c1-19(9-11-8-12(17)5-6-13(11)22-2)10-20-16(21)23-15(18-20)14-4-3-7-24-14/h3-8H,9-10H2,1-2H3. The molecule has 3 aromatic rings. The minimum absolute atomic E-state index is 0.323. The molecule has 0 unspecified atom stereocenters. The molecule has 2 aromatic heterocycles. The third-order valence-corrected chi connectivity index (χ3v) is 4.75. The van der Waals surface area contributed by atoms with Gasteiger partial charge in [0.1, 0.15) is 12.4 Å². The fourth-order valence-corrected chi connectivity index (χ4v) is 3.39. The van der Waals surface area contributed by atoms with Crippen molar-refractivity contribution in [3.8, 4) is 16.5 Å². The molecule has 2 heterocycles. The average molecular weight is 410 g/mol. The highest BCUT2D eigenvalue weighted by Gasteiger charge is 2.14. The number of aromatic nitrogens is 2. The lowest BCUT2D eigenvalue weighted by atomic mass is 10.2. The number of rotatable bonds is 6. The first-order chi connectivity index (χ1) is 11.6. The van der Waals surface area contributed by atoms with Crippen LogP contribution in [0.2, 0.25) is 0 Å². The quantitative estimate of drug-likeness (QED) is 0.623. The predicted octanol–water partition coefficient (Wildman–Crippen LogP) is 3.43. The van der Waals surface area contributed by atoms with Crippen molar-refractivity contribution >= 4 is 27.3 Å². The lowest BCUT2D eigenvalue weighted by molar-refractivity contribution is 0.233. The Morgan fingerprint density at radius 1 is 1.42 bits per heavy atom. The third-order valence-electron chi connectivity index (χ3n) is 3.40. The van der Waals surface area contributed by atoms with Gasteiger partial charge in [-0.1, -0.05) is 22.0 Å². The number of methoxy groups -OCH3 is 1. The van der Waals surface area contributed by atoms with Crippen LogP contribution in [0.15, 0.2) is 49.4 Å². The van der Waals surface area contributed by atoms with Gasteiger partial charge < -0.3 is 9.15 Å². The number of nitrogens with zero attached hydrogens (tertiary/aromatic N) is 3. The van der Waals surface area contributed by atoms with Crippen molar-refractivity contribution < 1.29 is 9.15 Å². The monoisotopic (exact) mass is 409 g/mol. The van der Waals surface area contributed by atoms with Crippen LogP contribution in [0.25, 0.3) is 10.8 Å². The molecule has 0 saturated heterocycles. The van der Waals surface area contributed by atoms with E-state index < -0.39 is 5.76 Å². The van der Waals surface area contributed by atoms with Crippen LogP contribution in [0.3, 0.4) is 0 Å². The molecule has 0 fully saturated rings. The normalized spacial score (nSPS) is 11.2. The van der Waals surface area contributed by atoms with Gasteiger partial charge in [0.05, 0.1) is 12.0 Å². The molecule has 0 spiro atoms. The lowest BCUT2D eigenvalue weighted by Gasteiger charge is -2.17. The highest BCUT2D eigenvalue weighted by Crippen LogP contribution is 2.24. The second-order valence-corrected chi connectivity index (χ2v) is 7.13. The van der Waals surface area contributed by atoms with Gasteiger partial charge in [-0.25, -0.2) is 4.79 Å². The molecule has 0 aliphatic heterocycles. The van der Waals surface area contributed by atoms with Gasteiger partial charge >= 0.3 is 5.76 Å². The summed E-state index contributed by atoms with van der Waals surface area (Å²) in [5.41, 5.74) is 1.02. The first-order valence-electron chi connectivity index (χ1n) is 7.19. The minimum Gasteiger partial charge on any atom is -0.496 e. The largest absolute Gasteiger partial charge is 0.496 e. The average Bonchev–Trinajstić information content (AvgIpc) is 3.18. The van der Waals surface area contributed by atoms with Gasteiger partial charge in [-0.05, 0) is 36.7 Å². The Labute approximate surface area is 151 Å². The van der Waals surface area contributed by atoms with Crippen molar-refractivity contribution in [1.29, 1.82) is 0 Å². The molecule has 0 N–H and O–H groups in total. The molecule has 126 valence electrons. The Kier molecular flexibility index (Phi) is 5.17. The van der Waals surface area contributed by atoms with E-state index in [0.717, 1.165) is 20.7 Å². The number of ether oxygens (including phenoxy) is 1. The minimum atomic E-state index is -0.466. The second-order valence-electron chi connectivity index (χ2n) is 5.26. The molecule has 24 heavy (non-hydrogen) atoms. The molecule has 0 aliphatic carbocycles. The third kappa shape index (κ3) is 3.77. The van der Waals surface area contributed by atoms with Crippen LogP contribution < -0.4 is 10.5 Å². The van der Waals surface area contributed by atoms with Crippen LogP contribution in [0.4, 0.5) is 0 Å². The Morgan fingerprint density at radius 3 is 2.96 bits per heavy atom. The summed E-state index contributed by atoms with van der Waals surface area (Å²) in [6, 6.07) is 9.60. The molecule has 0 saturated carbocycles. The number of hydrogen-bond donors (Lipinski definition) is 0. The van der Waals surface area contributed by atoms with Crippen LogP contribution >= 0.6 is 27.3 Å². The Hall–Kier alpha value is -1.90. The maximum atomic E-state index is 12.0. The summed E-state index contributed by atoms with van der Waals surface area (Å²) < 4.78 is 12.9. The molecule has 0 atom stereocenters. The van der Waals surface area contributed by atoms with Gasteiger partial charge in [0, 0.05) is 16.6 Å². The van der Waals surface area contributed by atoms with Gasteiger partial charge in [0.15, 0.2) is 0 Å². The Morgan fingerprint density at radius 2 is 2.25 bits per heavy atom. The van der Waals surface area contributed by atoms with Gasteiger partial charge in [-0.3, -0.25) is 4.90 Å². The van der Waals surface area contributed by atoms with E-state index >= 15 is 0 Å². The van der Waals surface area contributed by atoms with Crippen molar-refractivity contribution in [2.75, 3.05) is 14.2 Å². The summed E-state index contributed by atoms with van der Waals surface area (Å²) in [7, 11) is 3.55. The van der Waals surface area contributed by atoms with E-state index in [-0.39, 0.29) is 0 Å². The maximum absolute atomic E-state index is 12.0. The topological polar surface area (TPSA) is 60.5 Å². The Bertz CT molecular complexity index is 873. The maximum Gasteiger partial charge on any atom is 0.438 e. The summed E-state index contributed by atoms with van der Waals surface area (Å²) in [5, 5.41) is 6.18. The molecule has 1 aromatic carbocycles. The molecular weight excluding hydrogens is 394 g/mol. The van der Waals surface area contributed by atoms with Crippen molar-refractivity contribution in [1.82, 2.24) is 14.7 Å². The van der Waals surface area contributed by atoms with Crippen LogP contribution in [-0.2, 0) is 13.2 Å². The van der Waals surface area contributed by atoms with Crippen molar-refractivity contribution in [2.45, 2.75) is 13.2 Å². The number of thiophene rings is 1. The zero-order valence-corrected chi connectivity index (χ0v) is 15.6. The fourth-order valence-electron chi connectivity index (χ4n) is 2.34. The molecule has 6 nitrogen and oxygen atoms in total. The molecule has 0 aliphatic rings. The summed E-state index contributed by atoms with van der Waals surface area (Å²) in [6.07, 6.45) is 0. The zero-order chi connectivity index (χ0) is 17.1. The van der Waals surface area contributed by atoms with E-state index in [1.54, 1.807) is 7.11 Å². The van der Waals surface area contributed by atoms with Crippen LogP contribution in [-0.4, -0.2) is 28.8 Å². The molecule has 0 radical (unpaired) electrons. The van der Waals surface area contributed by atoms with Gasteiger partial charge in [0.25, 0.3) is 5.89 Å². The SMILES string of the molecule is COc1ccc(Br)cc1CN(C)Cn1nc(-c2cccs2)oc1=O. The van der Waals surface area contributed by atoms with E-state index in [2.05, 4.69) is 21.0 Å². The summed E-state index contributed by atoms with van der Waals surface area (Å²) in [4.78, 5) is 14.8. The van der Waals surface area contributed by atoms with Crippen molar-refractivity contribution in [3.05, 3.63) is 56.3 Å². The van der Waals surface area contributed by atoms with Crippen molar-refractivity contribution in [3.63, 3.8) is 0 Å². The highest BCUT2D eigenvalue weighted by molar-refractivity contribution is 9.10. The molecular formula is C16H16BrN3O3S. The summed E-state index contributed by atoms with van der Waals surface area (Å²) in [5.74, 6) is 0.687. The summed E-state index contributed by atoms with van der Waals surface area (Å²) in [6.45, 7) is 0.930. The van der Waals surface area contributed by atoms with Gasteiger partial charge in [0.2, 0.25) is 0 Å². The van der Waals surface area contributed by atoms with E-state index in [0.29, 0.717) is 19.1 Å². The summed E-state index contributed by atoms with van der Waals surface area (Å²) >= 11 is 4.95. The van der Waals surface area contributed by atoms with Crippen LogP contribution in [0, 0.1) is 0 Å². The molecule has 0 amide bonds. The van der Waals surface area contributed by atoms with Crippen LogP contribution in [0.5, 0.6) is 5.75 Å². The van der Waals surface area contributed by atoms with E-state index in [1.165, 1.54) is 16.0 Å². The van der Waals surface area contributed by atoms with Gasteiger partial charge in [-0.2, -0.15) is 4.68 Å².